The maximum Gasteiger partial charge on any atom is 0.345 e. The maximum atomic E-state index is 12.3. The number of unbranched alkanes of at least 4 members (excludes halogenated alkanes) is 2. The van der Waals surface area contributed by atoms with Crippen LogP contribution in [0.15, 0.2) is 54.6 Å². The Bertz CT molecular complexity index is 1480. The SMILES string of the molecule is CCCOC(=O)c1cc(OC)c(OCCCCCOc2cc([N+](=O)[O-])c(C(=O)O)cc2OCc2ccccc2)cc1[N+](=O)[O-]. The summed E-state index contributed by atoms with van der Waals surface area (Å²) in [5.41, 5.74) is -1.05. The van der Waals surface area contributed by atoms with Crippen molar-refractivity contribution in [1.82, 2.24) is 0 Å². The minimum Gasteiger partial charge on any atom is -0.493 e. The van der Waals surface area contributed by atoms with Gasteiger partial charge in [0, 0.05) is 12.1 Å². The standard InChI is InChI=1S/C30H32N2O12/c1-3-12-43-30(35)22-16-25(40-2)27(18-24(22)32(38)39)41-13-8-5-9-14-42-28-17-23(31(36)37)21(29(33)34)15-26(28)44-19-20-10-6-4-7-11-20/h4,6-7,10-11,15-18H,3,5,8-9,12-14,19H2,1-2H3,(H,33,34). The molecule has 3 rings (SSSR count). The average Bonchev–Trinajstić information content (AvgIpc) is 3.01. The number of nitro groups is 2. The molecule has 0 heterocycles. The van der Waals surface area contributed by atoms with Crippen LogP contribution in [0.5, 0.6) is 23.0 Å². The number of carbonyl (C=O) groups is 2. The highest BCUT2D eigenvalue weighted by Gasteiger charge is 2.26. The number of esters is 1. The molecule has 0 amide bonds. The molecule has 14 heteroatoms. The van der Waals surface area contributed by atoms with Crippen LogP contribution in [0.3, 0.4) is 0 Å². The molecule has 0 aliphatic rings. The lowest BCUT2D eigenvalue weighted by atomic mass is 10.1. The normalized spacial score (nSPS) is 10.5. The van der Waals surface area contributed by atoms with Crippen LogP contribution < -0.4 is 18.9 Å². The van der Waals surface area contributed by atoms with Crippen molar-refractivity contribution in [2.24, 2.45) is 0 Å². The van der Waals surface area contributed by atoms with Gasteiger partial charge in [0.15, 0.2) is 23.0 Å². The summed E-state index contributed by atoms with van der Waals surface area (Å²) in [7, 11) is 1.34. The van der Waals surface area contributed by atoms with Crippen molar-refractivity contribution in [3.63, 3.8) is 0 Å². The number of carboxylic acids is 1. The molecule has 0 spiro atoms. The summed E-state index contributed by atoms with van der Waals surface area (Å²) in [5.74, 6) is -1.99. The zero-order chi connectivity index (χ0) is 32.1. The van der Waals surface area contributed by atoms with Crippen molar-refractivity contribution in [1.29, 1.82) is 0 Å². The first kappa shape index (κ1) is 33.1. The first-order valence-electron chi connectivity index (χ1n) is 13.7. The van der Waals surface area contributed by atoms with Gasteiger partial charge in [-0.05, 0) is 31.2 Å². The van der Waals surface area contributed by atoms with E-state index < -0.39 is 38.7 Å². The fourth-order valence-electron chi connectivity index (χ4n) is 3.99. The van der Waals surface area contributed by atoms with Gasteiger partial charge in [-0.15, -0.1) is 0 Å². The van der Waals surface area contributed by atoms with Crippen LogP contribution in [-0.2, 0) is 11.3 Å². The largest absolute Gasteiger partial charge is 0.493 e. The Morgan fingerprint density at radius 2 is 1.30 bits per heavy atom. The Morgan fingerprint density at radius 3 is 1.84 bits per heavy atom. The quantitative estimate of drug-likeness (QED) is 0.0767. The summed E-state index contributed by atoms with van der Waals surface area (Å²) in [5, 5.41) is 32.5. The lowest BCUT2D eigenvalue weighted by molar-refractivity contribution is -0.385. The molecule has 0 unspecified atom stereocenters. The van der Waals surface area contributed by atoms with Crippen LogP contribution in [0.1, 0.15) is 58.9 Å². The first-order valence-corrected chi connectivity index (χ1v) is 13.7. The first-order chi connectivity index (χ1) is 21.2. The second-order valence-electron chi connectivity index (χ2n) is 9.32. The third-order valence-corrected chi connectivity index (χ3v) is 6.17. The van der Waals surface area contributed by atoms with Gasteiger partial charge in [-0.3, -0.25) is 20.2 Å². The van der Waals surface area contributed by atoms with Crippen LogP contribution in [-0.4, -0.2) is 53.8 Å². The molecule has 0 fully saturated rings. The van der Waals surface area contributed by atoms with E-state index in [4.69, 9.17) is 23.7 Å². The van der Waals surface area contributed by atoms with E-state index in [-0.39, 0.29) is 55.0 Å². The van der Waals surface area contributed by atoms with Gasteiger partial charge in [-0.2, -0.15) is 0 Å². The predicted molar refractivity (Wildman–Crippen MR) is 156 cm³/mol. The molecule has 14 nitrogen and oxygen atoms in total. The smallest absolute Gasteiger partial charge is 0.345 e. The Hall–Kier alpha value is -5.40. The van der Waals surface area contributed by atoms with E-state index >= 15 is 0 Å². The number of aromatic carboxylic acids is 1. The molecule has 0 radical (unpaired) electrons. The minimum absolute atomic E-state index is 0.0310. The molecule has 1 N–H and O–H groups in total. The molecule has 0 aromatic heterocycles. The summed E-state index contributed by atoms with van der Waals surface area (Å²) in [6.07, 6.45) is 2.15. The average molecular weight is 613 g/mol. The lowest BCUT2D eigenvalue weighted by Gasteiger charge is -2.14. The van der Waals surface area contributed by atoms with E-state index in [1.54, 1.807) is 6.92 Å². The number of benzene rings is 3. The fraction of sp³-hybridized carbons (Fsp3) is 0.333. The van der Waals surface area contributed by atoms with Gasteiger partial charge in [-0.25, -0.2) is 9.59 Å². The topological polar surface area (TPSA) is 187 Å². The van der Waals surface area contributed by atoms with Crippen LogP contribution in [0, 0.1) is 20.2 Å². The zero-order valence-corrected chi connectivity index (χ0v) is 24.2. The van der Waals surface area contributed by atoms with Crippen LogP contribution >= 0.6 is 0 Å². The molecule has 0 saturated heterocycles. The molecule has 0 aliphatic carbocycles. The number of nitrogens with zero attached hydrogens (tertiary/aromatic N) is 2. The second kappa shape index (κ2) is 16.3. The lowest BCUT2D eigenvalue weighted by Crippen LogP contribution is -2.10. The van der Waals surface area contributed by atoms with Crippen LogP contribution in [0.2, 0.25) is 0 Å². The third-order valence-electron chi connectivity index (χ3n) is 6.17. The van der Waals surface area contributed by atoms with E-state index in [0.717, 1.165) is 23.8 Å². The molecule has 234 valence electrons. The molecule has 0 saturated carbocycles. The monoisotopic (exact) mass is 612 g/mol. The van der Waals surface area contributed by atoms with Gasteiger partial charge in [0.2, 0.25) is 0 Å². The summed E-state index contributed by atoms with van der Waals surface area (Å²) < 4.78 is 27.5. The maximum absolute atomic E-state index is 12.3. The van der Waals surface area contributed by atoms with Crippen molar-refractivity contribution in [3.8, 4) is 23.0 Å². The number of carboxylic acid groups (broad SMARTS) is 1. The molecule has 44 heavy (non-hydrogen) atoms. The number of rotatable bonds is 18. The van der Waals surface area contributed by atoms with E-state index in [2.05, 4.69) is 0 Å². The van der Waals surface area contributed by atoms with Gasteiger partial charge < -0.3 is 28.8 Å². The highest BCUT2D eigenvalue weighted by molar-refractivity contribution is 5.95. The van der Waals surface area contributed by atoms with Gasteiger partial charge in [-0.1, -0.05) is 37.3 Å². The Labute approximate surface area is 252 Å². The number of ether oxygens (including phenoxy) is 5. The third kappa shape index (κ3) is 9.05. The Balaban J connectivity index is 1.60. The van der Waals surface area contributed by atoms with Crippen molar-refractivity contribution in [2.75, 3.05) is 26.9 Å². The molecular formula is C30H32N2O12. The molecular weight excluding hydrogens is 580 g/mol. The Morgan fingerprint density at radius 1 is 0.750 bits per heavy atom. The van der Waals surface area contributed by atoms with Crippen LogP contribution in [0.25, 0.3) is 0 Å². The second-order valence-corrected chi connectivity index (χ2v) is 9.32. The molecule has 0 atom stereocenters. The van der Waals surface area contributed by atoms with Crippen molar-refractivity contribution in [2.45, 2.75) is 39.2 Å². The van der Waals surface area contributed by atoms with Crippen molar-refractivity contribution < 1.29 is 48.2 Å². The number of hydrogen-bond acceptors (Lipinski definition) is 11. The summed E-state index contributed by atoms with van der Waals surface area (Å²) in [6.45, 7) is 2.31. The predicted octanol–water partition coefficient (Wildman–Crippen LogP) is 5.98. The van der Waals surface area contributed by atoms with E-state index in [9.17, 15) is 34.9 Å². The van der Waals surface area contributed by atoms with Gasteiger partial charge >= 0.3 is 11.9 Å². The van der Waals surface area contributed by atoms with E-state index in [1.165, 1.54) is 13.2 Å². The zero-order valence-electron chi connectivity index (χ0n) is 24.2. The van der Waals surface area contributed by atoms with Gasteiger partial charge in [0.05, 0.1) is 48.9 Å². The molecule has 3 aromatic rings. The number of nitro benzene ring substituents is 2. The van der Waals surface area contributed by atoms with E-state index in [1.807, 2.05) is 30.3 Å². The minimum atomic E-state index is -1.47. The van der Waals surface area contributed by atoms with Crippen molar-refractivity contribution >= 4 is 23.3 Å². The highest BCUT2D eigenvalue weighted by Crippen LogP contribution is 2.37. The molecule has 3 aromatic carbocycles. The number of hydrogen-bond donors (Lipinski definition) is 1. The molecule has 0 bridgehead atoms. The van der Waals surface area contributed by atoms with Crippen molar-refractivity contribution in [3.05, 3.63) is 91.5 Å². The number of carbonyl (C=O) groups excluding carboxylic acids is 1. The van der Waals surface area contributed by atoms with Crippen LogP contribution in [0.4, 0.5) is 11.4 Å². The fourth-order valence-corrected chi connectivity index (χ4v) is 3.99. The summed E-state index contributed by atoms with van der Waals surface area (Å²) >= 11 is 0. The number of methoxy groups -OCH3 is 1. The highest BCUT2D eigenvalue weighted by atomic mass is 16.6. The summed E-state index contributed by atoms with van der Waals surface area (Å²) in [4.78, 5) is 45.5. The van der Waals surface area contributed by atoms with E-state index in [0.29, 0.717) is 25.7 Å². The Kier molecular flexibility index (Phi) is 12.3. The van der Waals surface area contributed by atoms with Gasteiger partial charge in [0.25, 0.3) is 11.4 Å². The van der Waals surface area contributed by atoms with Gasteiger partial charge in [0.1, 0.15) is 17.7 Å². The summed E-state index contributed by atoms with van der Waals surface area (Å²) in [6, 6.07) is 13.5. The molecule has 0 aliphatic heterocycles.